The van der Waals surface area contributed by atoms with Gasteiger partial charge in [-0.1, -0.05) is 6.07 Å². The van der Waals surface area contributed by atoms with Crippen molar-refractivity contribution in [3.63, 3.8) is 0 Å². The average Bonchev–Trinajstić information content (AvgIpc) is 3.02. The number of pyridine rings is 1. The van der Waals surface area contributed by atoms with E-state index in [2.05, 4.69) is 33.5 Å². The highest BCUT2D eigenvalue weighted by Crippen LogP contribution is 2.37. The fourth-order valence-corrected chi connectivity index (χ4v) is 3.91. The van der Waals surface area contributed by atoms with Crippen LogP contribution in [0.15, 0.2) is 24.5 Å². The number of hydrogen-bond acceptors (Lipinski definition) is 3. The average molecular weight is 273 g/mol. The lowest BCUT2D eigenvalue weighted by molar-refractivity contribution is 0.254. The Labute approximate surface area is 122 Å². The predicted molar refractivity (Wildman–Crippen MR) is 82.9 cm³/mol. The molecule has 2 fully saturated rings. The molecule has 20 heavy (non-hydrogen) atoms. The molecule has 1 N–H and O–H groups in total. The Balaban J connectivity index is 1.63. The smallest absolute Gasteiger partial charge is 0.0305 e. The van der Waals surface area contributed by atoms with Gasteiger partial charge in [0.15, 0.2) is 0 Å². The maximum Gasteiger partial charge on any atom is 0.0305 e. The van der Waals surface area contributed by atoms with Crippen molar-refractivity contribution in [2.75, 3.05) is 32.7 Å². The van der Waals surface area contributed by atoms with Gasteiger partial charge >= 0.3 is 0 Å². The number of likely N-dealkylation sites (tertiary alicyclic amines) is 1. The molecule has 0 aromatic carbocycles. The maximum atomic E-state index is 4.36. The van der Waals surface area contributed by atoms with Crippen molar-refractivity contribution in [1.29, 1.82) is 0 Å². The minimum absolute atomic E-state index is 0.374. The van der Waals surface area contributed by atoms with Gasteiger partial charge in [0.05, 0.1) is 0 Å². The summed E-state index contributed by atoms with van der Waals surface area (Å²) < 4.78 is 0. The summed E-state index contributed by atoms with van der Waals surface area (Å²) in [4.78, 5) is 7.00. The topological polar surface area (TPSA) is 28.2 Å². The van der Waals surface area contributed by atoms with E-state index in [1.54, 1.807) is 0 Å². The predicted octanol–water partition coefficient (Wildman–Crippen LogP) is 2.58. The van der Waals surface area contributed by atoms with E-state index >= 15 is 0 Å². The summed E-state index contributed by atoms with van der Waals surface area (Å²) in [7, 11) is 0. The van der Waals surface area contributed by atoms with Gasteiger partial charge in [0.2, 0.25) is 0 Å². The van der Waals surface area contributed by atoms with Crippen LogP contribution in [0.3, 0.4) is 0 Å². The van der Waals surface area contributed by atoms with Gasteiger partial charge in [-0.25, -0.2) is 0 Å². The lowest BCUT2D eigenvalue weighted by Gasteiger charge is -2.38. The first-order valence-electron chi connectivity index (χ1n) is 8.23. The minimum Gasteiger partial charge on any atom is -0.317 e. The monoisotopic (exact) mass is 273 g/mol. The van der Waals surface area contributed by atoms with Gasteiger partial charge < -0.3 is 10.2 Å². The van der Waals surface area contributed by atoms with Crippen molar-refractivity contribution in [1.82, 2.24) is 15.2 Å². The second-order valence-corrected chi connectivity index (χ2v) is 6.42. The Hall–Kier alpha value is -0.930. The molecule has 0 bridgehead atoms. The van der Waals surface area contributed by atoms with Gasteiger partial charge in [-0.05, 0) is 88.3 Å². The fourth-order valence-electron chi connectivity index (χ4n) is 3.91. The maximum absolute atomic E-state index is 4.36. The van der Waals surface area contributed by atoms with Crippen LogP contribution in [0.4, 0.5) is 0 Å². The molecule has 0 saturated carbocycles. The molecule has 2 aliphatic rings. The van der Waals surface area contributed by atoms with E-state index in [1.165, 1.54) is 63.7 Å². The van der Waals surface area contributed by atoms with Gasteiger partial charge in [0.1, 0.15) is 0 Å². The summed E-state index contributed by atoms with van der Waals surface area (Å²) in [5, 5.41) is 3.51. The molecular formula is C17H27N3. The third kappa shape index (κ3) is 3.21. The van der Waals surface area contributed by atoms with Crippen LogP contribution < -0.4 is 5.32 Å². The van der Waals surface area contributed by atoms with Gasteiger partial charge in [-0.15, -0.1) is 0 Å². The molecule has 0 spiro atoms. The highest BCUT2D eigenvalue weighted by molar-refractivity contribution is 5.23. The number of aromatic nitrogens is 1. The number of nitrogens with one attached hydrogen (secondary N) is 1. The number of rotatable bonds is 5. The van der Waals surface area contributed by atoms with E-state index in [1.807, 2.05) is 6.20 Å². The number of nitrogens with zero attached hydrogens (tertiary/aromatic N) is 2. The standard InChI is InChI=1S/C17H27N3/c1-2-13-20(12-1)14-4-6-17(7-10-18-11-8-17)16-5-3-9-19-15-16/h3,5,9,15,18H,1-2,4,6-8,10-14H2. The summed E-state index contributed by atoms with van der Waals surface area (Å²) in [5.41, 5.74) is 1.84. The van der Waals surface area contributed by atoms with Crippen LogP contribution in [-0.4, -0.2) is 42.6 Å². The molecule has 3 nitrogen and oxygen atoms in total. The normalized spacial score (nSPS) is 23.0. The third-order valence-corrected chi connectivity index (χ3v) is 5.16. The van der Waals surface area contributed by atoms with E-state index < -0.39 is 0 Å². The summed E-state index contributed by atoms with van der Waals surface area (Å²) in [6.45, 7) is 6.23. The number of hydrogen-bond donors (Lipinski definition) is 1. The van der Waals surface area contributed by atoms with E-state index in [0.717, 1.165) is 13.1 Å². The molecule has 0 amide bonds. The fraction of sp³-hybridized carbons (Fsp3) is 0.706. The lowest BCUT2D eigenvalue weighted by atomic mass is 9.70. The zero-order valence-electron chi connectivity index (χ0n) is 12.5. The zero-order chi connectivity index (χ0) is 13.7. The van der Waals surface area contributed by atoms with Crippen molar-refractivity contribution < 1.29 is 0 Å². The summed E-state index contributed by atoms with van der Waals surface area (Å²) in [6, 6.07) is 4.38. The molecule has 3 heteroatoms. The van der Waals surface area contributed by atoms with Crippen molar-refractivity contribution in [2.45, 2.75) is 43.9 Å². The summed E-state index contributed by atoms with van der Waals surface area (Å²) in [5.74, 6) is 0. The molecule has 0 atom stereocenters. The van der Waals surface area contributed by atoms with Crippen molar-refractivity contribution >= 4 is 0 Å². The van der Waals surface area contributed by atoms with Gasteiger partial charge in [0.25, 0.3) is 0 Å². The SMILES string of the molecule is c1cncc(C2(CCCN3CCCC3)CCNCC2)c1. The van der Waals surface area contributed by atoms with Crippen molar-refractivity contribution in [3.8, 4) is 0 Å². The molecule has 0 unspecified atom stereocenters. The van der Waals surface area contributed by atoms with Crippen LogP contribution in [0, 0.1) is 0 Å². The summed E-state index contributed by atoms with van der Waals surface area (Å²) >= 11 is 0. The van der Waals surface area contributed by atoms with Gasteiger partial charge in [0, 0.05) is 12.4 Å². The Bertz CT molecular complexity index is 392. The molecule has 2 saturated heterocycles. The van der Waals surface area contributed by atoms with Crippen LogP contribution in [-0.2, 0) is 5.41 Å². The minimum atomic E-state index is 0.374. The molecule has 0 aliphatic carbocycles. The molecule has 3 heterocycles. The quantitative estimate of drug-likeness (QED) is 0.894. The van der Waals surface area contributed by atoms with E-state index in [0.29, 0.717) is 5.41 Å². The van der Waals surface area contributed by atoms with Gasteiger partial charge in [-0.2, -0.15) is 0 Å². The molecule has 110 valence electrons. The Morgan fingerprint density at radius 1 is 1.20 bits per heavy atom. The second-order valence-electron chi connectivity index (χ2n) is 6.42. The Morgan fingerprint density at radius 2 is 2.00 bits per heavy atom. The third-order valence-electron chi connectivity index (χ3n) is 5.16. The molecule has 1 aromatic heterocycles. The van der Waals surface area contributed by atoms with E-state index in [4.69, 9.17) is 0 Å². The second kappa shape index (κ2) is 6.68. The Morgan fingerprint density at radius 3 is 2.70 bits per heavy atom. The molecule has 0 radical (unpaired) electrons. The van der Waals surface area contributed by atoms with Crippen LogP contribution in [0.25, 0.3) is 0 Å². The molecule has 2 aliphatic heterocycles. The summed E-state index contributed by atoms with van der Waals surface area (Å²) in [6.07, 6.45) is 12.0. The van der Waals surface area contributed by atoms with Crippen molar-refractivity contribution in [3.05, 3.63) is 30.1 Å². The van der Waals surface area contributed by atoms with E-state index in [9.17, 15) is 0 Å². The molecule has 3 rings (SSSR count). The van der Waals surface area contributed by atoms with Crippen molar-refractivity contribution in [2.24, 2.45) is 0 Å². The number of piperidine rings is 1. The highest BCUT2D eigenvalue weighted by atomic mass is 15.1. The van der Waals surface area contributed by atoms with Crippen LogP contribution in [0.2, 0.25) is 0 Å². The molecular weight excluding hydrogens is 246 g/mol. The first kappa shape index (κ1) is 14.0. The van der Waals surface area contributed by atoms with Crippen LogP contribution in [0.5, 0.6) is 0 Å². The Kier molecular flexibility index (Phi) is 4.69. The first-order valence-corrected chi connectivity index (χ1v) is 8.23. The zero-order valence-corrected chi connectivity index (χ0v) is 12.5. The van der Waals surface area contributed by atoms with Gasteiger partial charge in [-0.3, -0.25) is 4.98 Å². The largest absolute Gasteiger partial charge is 0.317 e. The van der Waals surface area contributed by atoms with Crippen LogP contribution >= 0.6 is 0 Å². The van der Waals surface area contributed by atoms with Crippen LogP contribution in [0.1, 0.15) is 44.1 Å². The highest BCUT2D eigenvalue weighted by Gasteiger charge is 2.33. The first-order chi connectivity index (χ1) is 9.89. The van der Waals surface area contributed by atoms with E-state index in [-0.39, 0.29) is 0 Å². The lowest BCUT2D eigenvalue weighted by Crippen LogP contribution is -2.40. The molecule has 1 aromatic rings.